The van der Waals surface area contributed by atoms with Crippen LogP contribution in [0, 0.1) is 0 Å². The van der Waals surface area contributed by atoms with E-state index in [-0.39, 0.29) is 5.54 Å². The van der Waals surface area contributed by atoms with Crippen molar-refractivity contribution in [1.29, 1.82) is 0 Å². The maximum atomic E-state index is 6.06. The summed E-state index contributed by atoms with van der Waals surface area (Å²) in [7, 11) is 2.22. The Balaban J connectivity index is 1.79. The second kappa shape index (κ2) is 4.04. The zero-order chi connectivity index (χ0) is 11.1. The van der Waals surface area contributed by atoms with Crippen molar-refractivity contribution in [2.24, 2.45) is 5.73 Å². The van der Waals surface area contributed by atoms with Gasteiger partial charge < -0.3 is 10.6 Å². The maximum absolute atomic E-state index is 6.06. The number of rotatable bonds is 4. The highest BCUT2D eigenvalue weighted by Crippen LogP contribution is 2.30. The van der Waals surface area contributed by atoms with Crippen LogP contribution in [0.4, 0.5) is 0 Å². The minimum absolute atomic E-state index is 0.0677. The topological polar surface area (TPSA) is 32.5 Å². The first kappa shape index (κ1) is 11.4. The first-order valence-electron chi connectivity index (χ1n) is 6.19. The highest BCUT2D eigenvalue weighted by Gasteiger charge is 2.36. The number of likely N-dealkylation sites (tertiary alicyclic amines) is 1. The molecule has 3 nitrogen and oxygen atoms in total. The van der Waals surface area contributed by atoms with Gasteiger partial charge in [0.1, 0.15) is 0 Å². The van der Waals surface area contributed by atoms with Crippen molar-refractivity contribution in [3.63, 3.8) is 0 Å². The molecule has 0 bridgehead atoms. The van der Waals surface area contributed by atoms with Gasteiger partial charge in [-0.3, -0.25) is 4.90 Å². The lowest BCUT2D eigenvalue weighted by atomic mass is 10.1. The van der Waals surface area contributed by atoms with Gasteiger partial charge in [-0.1, -0.05) is 0 Å². The summed E-state index contributed by atoms with van der Waals surface area (Å²) in [4.78, 5) is 5.10. The zero-order valence-corrected chi connectivity index (χ0v) is 10.4. The Hall–Kier alpha value is -0.120. The highest BCUT2D eigenvalue weighted by molar-refractivity contribution is 4.93. The van der Waals surface area contributed by atoms with Gasteiger partial charge in [0, 0.05) is 37.3 Å². The molecule has 0 spiro atoms. The average Bonchev–Trinajstić information content (AvgIpc) is 2.81. The summed E-state index contributed by atoms with van der Waals surface area (Å²) in [5.41, 5.74) is 5.99. The van der Waals surface area contributed by atoms with Gasteiger partial charge >= 0.3 is 0 Å². The molecule has 0 amide bonds. The molecule has 2 rings (SSSR count). The standard InChI is InChI=1S/C12H25N3/c1-12(2,13)9-14(3)11-6-7-15(8-11)10-4-5-10/h10-11H,4-9,13H2,1-3H3. The molecule has 0 radical (unpaired) electrons. The molecule has 1 atom stereocenters. The number of nitrogens with two attached hydrogens (primary N) is 1. The molecule has 1 saturated carbocycles. The number of nitrogens with zero attached hydrogens (tertiary/aromatic N) is 2. The second-order valence-corrected chi connectivity index (χ2v) is 6.07. The largest absolute Gasteiger partial charge is 0.324 e. The average molecular weight is 211 g/mol. The first-order chi connectivity index (χ1) is 6.96. The minimum Gasteiger partial charge on any atom is -0.324 e. The van der Waals surface area contributed by atoms with E-state index in [2.05, 4.69) is 30.7 Å². The Bertz CT molecular complexity index is 217. The van der Waals surface area contributed by atoms with Crippen LogP contribution in [0.15, 0.2) is 0 Å². The quantitative estimate of drug-likeness (QED) is 0.749. The van der Waals surface area contributed by atoms with Gasteiger partial charge in [-0.25, -0.2) is 0 Å². The summed E-state index contributed by atoms with van der Waals surface area (Å²) in [6.45, 7) is 7.77. The minimum atomic E-state index is -0.0677. The third-order valence-corrected chi connectivity index (χ3v) is 3.54. The van der Waals surface area contributed by atoms with Crippen molar-refractivity contribution in [2.75, 3.05) is 26.7 Å². The molecule has 15 heavy (non-hydrogen) atoms. The molecule has 88 valence electrons. The van der Waals surface area contributed by atoms with Crippen LogP contribution in [0.1, 0.15) is 33.1 Å². The Morgan fingerprint density at radius 1 is 1.33 bits per heavy atom. The molecule has 0 aromatic carbocycles. The van der Waals surface area contributed by atoms with Crippen LogP contribution >= 0.6 is 0 Å². The third kappa shape index (κ3) is 3.16. The van der Waals surface area contributed by atoms with E-state index in [1.165, 1.54) is 32.4 Å². The van der Waals surface area contributed by atoms with Crippen LogP contribution in [0.25, 0.3) is 0 Å². The van der Waals surface area contributed by atoms with Crippen molar-refractivity contribution in [3.8, 4) is 0 Å². The molecule has 2 fully saturated rings. The molecule has 1 aliphatic heterocycles. The predicted molar refractivity (Wildman–Crippen MR) is 63.9 cm³/mol. The third-order valence-electron chi connectivity index (χ3n) is 3.54. The SMILES string of the molecule is CN(CC(C)(C)N)C1CCN(C2CC2)C1. The van der Waals surface area contributed by atoms with Crippen LogP contribution < -0.4 is 5.73 Å². The molecule has 3 heteroatoms. The van der Waals surface area contributed by atoms with Gasteiger partial charge in [0.2, 0.25) is 0 Å². The monoisotopic (exact) mass is 211 g/mol. The van der Waals surface area contributed by atoms with Crippen LogP contribution in [-0.2, 0) is 0 Å². The lowest BCUT2D eigenvalue weighted by Crippen LogP contribution is -2.48. The van der Waals surface area contributed by atoms with E-state index < -0.39 is 0 Å². The van der Waals surface area contributed by atoms with Crippen molar-refractivity contribution >= 4 is 0 Å². The highest BCUT2D eigenvalue weighted by atomic mass is 15.3. The van der Waals surface area contributed by atoms with Gasteiger partial charge in [-0.15, -0.1) is 0 Å². The Kier molecular flexibility index (Phi) is 3.06. The second-order valence-electron chi connectivity index (χ2n) is 6.07. The normalized spacial score (nSPS) is 29.0. The van der Waals surface area contributed by atoms with Crippen LogP contribution in [0.2, 0.25) is 0 Å². The fourth-order valence-corrected chi connectivity index (χ4v) is 2.67. The molecule has 1 unspecified atom stereocenters. The summed E-state index contributed by atoms with van der Waals surface area (Å²) < 4.78 is 0. The van der Waals surface area contributed by atoms with Crippen molar-refractivity contribution < 1.29 is 0 Å². The van der Waals surface area contributed by atoms with Crippen LogP contribution in [-0.4, -0.2) is 54.1 Å². The van der Waals surface area contributed by atoms with Crippen LogP contribution in [0.3, 0.4) is 0 Å². The lowest BCUT2D eigenvalue weighted by Gasteiger charge is -2.31. The summed E-state index contributed by atoms with van der Waals surface area (Å²) in [5.74, 6) is 0. The summed E-state index contributed by atoms with van der Waals surface area (Å²) in [6, 6.07) is 1.66. The maximum Gasteiger partial charge on any atom is 0.0233 e. The van der Waals surface area contributed by atoms with Crippen molar-refractivity contribution in [3.05, 3.63) is 0 Å². The molecule has 1 saturated heterocycles. The molecule has 1 aliphatic carbocycles. The van der Waals surface area contributed by atoms with Gasteiger partial charge in [0.25, 0.3) is 0 Å². The van der Waals surface area contributed by atoms with Gasteiger partial charge in [0.05, 0.1) is 0 Å². The molecule has 1 heterocycles. The Morgan fingerprint density at radius 3 is 2.53 bits per heavy atom. The van der Waals surface area contributed by atoms with Gasteiger partial charge in [-0.2, -0.15) is 0 Å². The van der Waals surface area contributed by atoms with E-state index in [1.54, 1.807) is 0 Å². The van der Waals surface area contributed by atoms with Gasteiger partial charge in [0.15, 0.2) is 0 Å². The molecule has 2 aliphatic rings. The number of hydrogen-bond acceptors (Lipinski definition) is 3. The Labute approximate surface area is 93.6 Å². The summed E-state index contributed by atoms with van der Waals surface area (Å²) >= 11 is 0. The van der Waals surface area contributed by atoms with Crippen molar-refractivity contribution in [2.45, 2.75) is 50.7 Å². The summed E-state index contributed by atoms with van der Waals surface area (Å²) in [5, 5.41) is 0. The van der Waals surface area contributed by atoms with E-state index in [0.29, 0.717) is 0 Å². The van der Waals surface area contributed by atoms with Gasteiger partial charge in [-0.05, 0) is 40.2 Å². The van der Waals surface area contributed by atoms with E-state index in [9.17, 15) is 0 Å². The molecule has 0 aromatic rings. The molecule has 0 aromatic heterocycles. The van der Waals surface area contributed by atoms with E-state index in [0.717, 1.165) is 18.6 Å². The number of hydrogen-bond donors (Lipinski definition) is 1. The fraction of sp³-hybridized carbons (Fsp3) is 1.00. The number of likely N-dealkylation sites (N-methyl/N-ethyl adjacent to an activating group) is 1. The smallest absolute Gasteiger partial charge is 0.0233 e. The summed E-state index contributed by atoms with van der Waals surface area (Å²) in [6.07, 6.45) is 4.18. The zero-order valence-electron chi connectivity index (χ0n) is 10.4. The molecular formula is C12H25N3. The molecular weight excluding hydrogens is 186 g/mol. The Morgan fingerprint density at radius 2 is 2.00 bits per heavy atom. The van der Waals surface area contributed by atoms with Crippen molar-refractivity contribution in [1.82, 2.24) is 9.80 Å². The fourth-order valence-electron chi connectivity index (χ4n) is 2.67. The predicted octanol–water partition coefficient (Wildman–Crippen LogP) is 0.892. The van der Waals surface area contributed by atoms with Crippen LogP contribution in [0.5, 0.6) is 0 Å². The van der Waals surface area contributed by atoms with E-state index in [1.807, 2.05) is 0 Å². The lowest BCUT2D eigenvalue weighted by molar-refractivity contribution is 0.196. The molecule has 2 N–H and O–H groups in total. The van der Waals surface area contributed by atoms with E-state index >= 15 is 0 Å². The van der Waals surface area contributed by atoms with E-state index in [4.69, 9.17) is 5.73 Å². The first-order valence-corrected chi connectivity index (χ1v) is 6.19.